The predicted octanol–water partition coefficient (Wildman–Crippen LogP) is 2.24. The molecule has 0 spiro atoms. The minimum atomic E-state index is -0.586. The van der Waals surface area contributed by atoms with Crippen LogP contribution in [0, 0.1) is 0 Å². The average molecular weight is 356 g/mol. The van der Waals surface area contributed by atoms with Gasteiger partial charge in [0.15, 0.2) is 0 Å². The number of amides is 2. The molecule has 0 radical (unpaired) electrons. The zero-order valence-corrected chi connectivity index (χ0v) is 14.6. The first-order valence-corrected chi connectivity index (χ1v) is 7.94. The molecule has 2 amide bonds. The number of carbonyl (C=O) groups is 3. The second-order valence-electron chi connectivity index (χ2n) is 5.32. The molecular formula is C19H20N2O5. The summed E-state index contributed by atoms with van der Waals surface area (Å²) in [6.07, 6.45) is 0.0607. The first-order chi connectivity index (χ1) is 12.5. The summed E-state index contributed by atoms with van der Waals surface area (Å²) in [6, 6.07) is 13.4. The fourth-order valence-corrected chi connectivity index (χ4v) is 2.23. The van der Waals surface area contributed by atoms with Crippen molar-refractivity contribution in [3.8, 4) is 5.75 Å². The van der Waals surface area contributed by atoms with Crippen molar-refractivity contribution in [1.82, 2.24) is 5.32 Å². The molecule has 136 valence electrons. The number of nitrogens with one attached hydrogen (secondary N) is 2. The summed E-state index contributed by atoms with van der Waals surface area (Å²) in [5.74, 6) is -0.707. The van der Waals surface area contributed by atoms with Crippen molar-refractivity contribution in [3.63, 3.8) is 0 Å². The molecule has 2 rings (SSSR count). The number of anilines is 1. The highest BCUT2D eigenvalue weighted by Crippen LogP contribution is 2.23. The molecule has 7 heteroatoms. The quantitative estimate of drug-likeness (QED) is 0.742. The zero-order chi connectivity index (χ0) is 18.9. The summed E-state index contributed by atoms with van der Waals surface area (Å²) in [4.78, 5) is 35.9. The number of benzene rings is 2. The van der Waals surface area contributed by atoms with Gasteiger partial charge in [-0.3, -0.25) is 9.59 Å². The van der Waals surface area contributed by atoms with Gasteiger partial charge in [-0.25, -0.2) is 4.79 Å². The van der Waals surface area contributed by atoms with E-state index in [1.165, 1.54) is 20.3 Å². The molecule has 0 fully saturated rings. The molecule has 2 aromatic carbocycles. The maximum atomic E-state index is 12.1. The summed E-state index contributed by atoms with van der Waals surface area (Å²) in [7, 11) is 2.73. The van der Waals surface area contributed by atoms with E-state index in [4.69, 9.17) is 9.47 Å². The first-order valence-electron chi connectivity index (χ1n) is 7.94. The van der Waals surface area contributed by atoms with Crippen molar-refractivity contribution in [2.75, 3.05) is 26.1 Å². The van der Waals surface area contributed by atoms with Gasteiger partial charge in [0.25, 0.3) is 5.91 Å². The van der Waals surface area contributed by atoms with Crippen LogP contribution in [0.15, 0.2) is 48.5 Å². The lowest BCUT2D eigenvalue weighted by molar-refractivity contribution is -0.116. The van der Waals surface area contributed by atoms with Crippen molar-refractivity contribution in [2.45, 2.75) is 6.42 Å². The van der Waals surface area contributed by atoms with Gasteiger partial charge in [0.2, 0.25) is 5.91 Å². The van der Waals surface area contributed by atoms with E-state index >= 15 is 0 Å². The predicted molar refractivity (Wildman–Crippen MR) is 96.4 cm³/mol. The van der Waals surface area contributed by atoms with Crippen LogP contribution in [0.4, 0.5) is 5.69 Å². The van der Waals surface area contributed by atoms with Crippen LogP contribution in [0.3, 0.4) is 0 Å². The van der Waals surface area contributed by atoms with E-state index in [2.05, 4.69) is 10.6 Å². The molecule has 2 N–H and O–H groups in total. The van der Waals surface area contributed by atoms with Crippen molar-refractivity contribution < 1.29 is 23.9 Å². The normalized spacial score (nSPS) is 9.92. The van der Waals surface area contributed by atoms with Gasteiger partial charge in [-0.2, -0.15) is 0 Å². The van der Waals surface area contributed by atoms with E-state index in [0.717, 1.165) is 0 Å². The van der Waals surface area contributed by atoms with Crippen molar-refractivity contribution >= 4 is 23.5 Å². The third-order valence-corrected chi connectivity index (χ3v) is 3.58. The Kier molecular flexibility index (Phi) is 6.73. The Morgan fingerprint density at radius 2 is 1.73 bits per heavy atom. The van der Waals surface area contributed by atoms with Gasteiger partial charge in [-0.05, 0) is 30.3 Å². The lowest BCUT2D eigenvalue weighted by Crippen LogP contribution is -2.27. The molecule has 0 heterocycles. The molecule has 0 aliphatic rings. The maximum absolute atomic E-state index is 12.1. The van der Waals surface area contributed by atoms with Crippen LogP contribution < -0.4 is 15.4 Å². The van der Waals surface area contributed by atoms with E-state index in [1.807, 2.05) is 6.07 Å². The Morgan fingerprint density at radius 1 is 1.00 bits per heavy atom. The van der Waals surface area contributed by atoms with Crippen LogP contribution in [0.25, 0.3) is 0 Å². The smallest absolute Gasteiger partial charge is 0.340 e. The monoisotopic (exact) mass is 356 g/mol. The molecule has 0 unspecified atom stereocenters. The summed E-state index contributed by atoms with van der Waals surface area (Å²) in [5, 5.41) is 5.31. The summed E-state index contributed by atoms with van der Waals surface area (Å²) in [6.45, 7) is 0.170. The van der Waals surface area contributed by atoms with E-state index in [0.29, 0.717) is 17.0 Å². The standard InChI is InChI=1S/C19H20N2O5/c1-25-14-8-9-16(15(12-14)19(24)26-2)21-17(22)10-11-20-18(23)13-6-4-3-5-7-13/h3-9,12H,10-11H2,1-2H3,(H,20,23)(H,21,22). The third kappa shape index (κ3) is 5.07. The first kappa shape index (κ1) is 19.0. The fourth-order valence-electron chi connectivity index (χ4n) is 2.23. The Hall–Kier alpha value is -3.35. The van der Waals surface area contributed by atoms with Gasteiger partial charge in [-0.15, -0.1) is 0 Å². The van der Waals surface area contributed by atoms with Crippen molar-refractivity contribution in [1.29, 1.82) is 0 Å². The summed E-state index contributed by atoms with van der Waals surface area (Å²) in [5.41, 5.74) is 1.03. The maximum Gasteiger partial charge on any atom is 0.340 e. The highest BCUT2D eigenvalue weighted by atomic mass is 16.5. The van der Waals surface area contributed by atoms with Crippen molar-refractivity contribution in [2.24, 2.45) is 0 Å². The Balaban J connectivity index is 1.93. The molecule has 26 heavy (non-hydrogen) atoms. The Labute approximate surface area is 151 Å². The topological polar surface area (TPSA) is 93.7 Å². The molecule has 0 aliphatic carbocycles. The second-order valence-corrected chi connectivity index (χ2v) is 5.32. The Bertz CT molecular complexity index is 790. The highest BCUT2D eigenvalue weighted by molar-refractivity contribution is 6.02. The number of ether oxygens (including phenoxy) is 2. The van der Waals surface area contributed by atoms with Crippen LogP contribution in [0.1, 0.15) is 27.1 Å². The molecule has 0 saturated heterocycles. The van der Waals surface area contributed by atoms with Gasteiger partial charge in [0.05, 0.1) is 25.5 Å². The minimum Gasteiger partial charge on any atom is -0.497 e. The van der Waals surface area contributed by atoms with Gasteiger partial charge in [-0.1, -0.05) is 18.2 Å². The van der Waals surface area contributed by atoms with E-state index in [-0.39, 0.29) is 30.3 Å². The van der Waals surface area contributed by atoms with E-state index < -0.39 is 5.97 Å². The van der Waals surface area contributed by atoms with Crippen molar-refractivity contribution in [3.05, 3.63) is 59.7 Å². The highest BCUT2D eigenvalue weighted by Gasteiger charge is 2.15. The van der Waals surface area contributed by atoms with Crippen LogP contribution in [-0.2, 0) is 9.53 Å². The van der Waals surface area contributed by atoms with E-state index in [1.54, 1.807) is 36.4 Å². The molecule has 0 aromatic heterocycles. The molecule has 0 aliphatic heterocycles. The molecule has 0 saturated carbocycles. The SMILES string of the molecule is COC(=O)c1cc(OC)ccc1NC(=O)CCNC(=O)c1ccccc1. The van der Waals surface area contributed by atoms with Crippen LogP contribution in [0.2, 0.25) is 0 Å². The van der Waals surface area contributed by atoms with E-state index in [9.17, 15) is 14.4 Å². The number of hydrogen-bond acceptors (Lipinski definition) is 5. The summed E-state index contributed by atoms with van der Waals surface area (Å²) >= 11 is 0. The van der Waals surface area contributed by atoms with Gasteiger partial charge in [0, 0.05) is 18.5 Å². The molecule has 2 aromatic rings. The van der Waals surface area contributed by atoms with Gasteiger partial charge < -0.3 is 20.1 Å². The third-order valence-electron chi connectivity index (χ3n) is 3.58. The van der Waals surface area contributed by atoms with Gasteiger partial charge >= 0.3 is 5.97 Å². The number of esters is 1. The number of rotatable bonds is 7. The molecule has 0 atom stereocenters. The Morgan fingerprint density at radius 3 is 2.38 bits per heavy atom. The lowest BCUT2D eigenvalue weighted by atomic mass is 10.1. The number of carbonyl (C=O) groups excluding carboxylic acids is 3. The molecule has 7 nitrogen and oxygen atoms in total. The largest absolute Gasteiger partial charge is 0.497 e. The lowest BCUT2D eigenvalue weighted by Gasteiger charge is -2.11. The number of methoxy groups -OCH3 is 2. The van der Waals surface area contributed by atoms with Crippen LogP contribution in [-0.4, -0.2) is 38.5 Å². The average Bonchev–Trinajstić information content (AvgIpc) is 2.68. The van der Waals surface area contributed by atoms with Crippen LogP contribution >= 0.6 is 0 Å². The van der Waals surface area contributed by atoms with Crippen LogP contribution in [0.5, 0.6) is 5.75 Å². The second kappa shape index (κ2) is 9.22. The van der Waals surface area contributed by atoms with Gasteiger partial charge in [0.1, 0.15) is 5.75 Å². The molecular weight excluding hydrogens is 336 g/mol. The zero-order valence-electron chi connectivity index (χ0n) is 14.6. The minimum absolute atomic E-state index is 0.0607. The number of hydrogen-bond donors (Lipinski definition) is 2. The summed E-state index contributed by atoms with van der Waals surface area (Å²) < 4.78 is 9.79. The molecule has 0 bridgehead atoms. The fraction of sp³-hybridized carbons (Fsp3) is 0.211.